The summed E-state index contributed by atoms with van der Waals surface area (Å²) in [5, 5.41) is 2.98. The van der Waals surface area contributed by atoms with Crippen molar-refractivity contribution in [1.82, 2.24) is 10.3 Å². The predicted octanol–water partition coefficient (Wildman–Crippen LogP) is 2.52. The number of pyridine rings is 1. The smallest absolute Gasteiger partial charge is 0.270 e. The van der Waals surface area contributed by atoms with E-state index in [2.05, 4.69) is 10.3 Å². The highest BCUT2D eigenvalue weighted by atomic mass is 16.5. The molecule has 0 saturated heterocycles. The van der Waals surface area contributed by atoms with Crippen LogP contribution >= 0.6 is 0 Å². The molecule has 0 spiro atoms. The number of hydrogen-bond donors (Lipinski definition) is 2. The molecule has 3 N–H and O–H groups in total. The molecule has 2 amide bonds. The number of hydrogen-bond acceptors (Lipinski definition) is 4. The first-order valence-corrected chi connectivity index (χ1v) is 9.85. The van der Waals surface area contributed by atoms with E-state index in [0.717, 1.165) is 44.1 Å². The maximum absolute atomic E-state index is 12.7. The van der Waals surface area contributed by atoms with Gasteiger partial charge in [0.05, 0.1) is 12.5 Å². The fraction of sp³-hybridized carbons (Fsp3) is 0.650. The molecule has 6 nitrogen and oxygen atoms in total. The summed E-state index contributed by atoms with van der Waals surface area (Å²) in [7, 11) is 0. The molecule has 6 heteroatoms. The zero-order valence-electron chi connectivity index (χ0n) is 15.1. The predicted molar refractivity (Wildman–Crippen MR) is 96.8 cm³/mol. The van der Waals surface area contributed by atoms with Crippen LogP contribution in [0.5, 0.6) is 5.88 Å². The van der Waals surface area contributed by atoms with Crippen LogP contribution in [0.25, 0.3) is 0 Å². The molecule has 0 aromatic carbocycles. The number of nitrogens with two attached hydrogens (primary N) is 1. The second kappa shape index (κ2) is 7.25. The molecule has 0 unspecified atom stereocenters. The van der Waals surface area contributed by atoms with Crippen molar-refractivity contribution in [2.45, 2.75) is 63.3 Å². The quantitative estimate of drug-likeness (QED) is 0.784. The molecule has 1 aromatic rings. The third-order valence-electron chi connectivity index (χ3n) is 5.74. The van der Waals surface area contributed by atoms with Gasteiger partial charge in [0.15, 0.2) is 0 Å². The van der Waals surface area contributed by atoms with E-state index in [1.807, 2.05) is 6.07 Å². The van der Waals surface area contributed by atoms with Gasteiger partial charge in [0.25, 0.3) is 5.91 Å². The van der Waals surface area contributed by atoms with Crippen molar-refractivity contribution in [2.24, 2.45) is 17.6 Å². The van der Waals surface area contributed by atoms with Gasteiger partial charge in [-0.2, -0.15) is 0 Å². The highest BCUT2D eigenvalue weighted by molar-refractivity contribution is 5.93. The second-order valence-electron chi connectivity index (χ2n) is 7.99. The third-order valence-corrected chi connectivity index (χ3v) is 5.74. The SMILES string of the molecule is NC(=O)[C@@H]1CCCC[C@@H]1NC(=O)c1ccc(C2CC2)c(OCC2CC2)n1. The van der Waals surface area contributed by atoms with Gasteiger partial charge in [0.1, 0.15) is 5.69 Å². The van der Waals surface area contributed by atoms with Crippen LogP contribution in [0.2, 0.25) is 0 Å². The van der Waals surface area contributed by atoms with Crippen LogP contribution in [-0.4, -0.2) is 29.4 Å². The second-order valence-corrected chi connectivity index (χ2v) is 7.99. The average molecular weight is 357 g/mol. The lowest BCUT2D eigenvalue weighted by molar-refractivity contribution is -0.123. The molecule has 2 atom stereocenters. The number of ether oxygens (including phenoxy) is 1. The molecule has 0 aliphatic heterocycles. The van der Waals surface area contributed by atoms with Crippen molar-refractivity contribution in [3.8, 4) is 5.88 Å². The van der Waals surface area contributed by atoms with Crippen molar-refractivity contribution in [3.05, 3.63) is 23.4 Å². The Morgan fingerprint density at radius 2 is 1.88 bits per heavy atom. The van der Waals surface area contributed by atoms with Gasteiger partial charge < -0.3 is 15.8 Å². The summed E-state index contributed by atoms with van der Waals surface area (Å²) in [6.45, 7) is 0.685. The number of primary amides is 1. The summed E-state index contributed by atoms with van der Waals surface area (Å²) in [5.74, 6) is 0.903. The Bertz CT molecular complexity index is 698. The van der Waals surface area contributed by atoms with Gasteiger partial charge in [-0.1, -0.05) is 18.9 Å². The van der Waals surface area contributed by atoms with Crippen LogP contribution in [0, 0.1) is 11.8 Å². The molecule has 3 aliphatic carbocycles. The van der Waals surface area contributed by atoms with Crippen LogP contribution in [0.15, 0.2) is 12.1 Å². The number of carbonyl (C=O) groups is 2. The highest BCUT2D eigenvalue weighted by Crippen LogP contribution is 2.44. The molecule has 3 fully saturated rings. The largest absolute Gasteiger partial charge is 0.477 e. The van der Waals surface area contributed by atoms with E-state index in [4.69, 9.17) is 10.5 Å². The number of rotatable bonds is 7. The van der Waals surface area contributed by atoms with Crippen LogP contribution < -0.4 is 15.8 Å². The Labute approximate surface area is 153 Å². The van der Waals surface area contributed by atoms with E-state index in [0.29, 0.717) is 30.0 Å². The lowest BCUT2D eigenvalue weighted by atomic mass is 9.84. The standard InChI is InChI=1S/C20H27N3O3/c21-18(24)15-3-1-2-4-16(15)22-19(25)17-10-9-14(13-7-8-13)20(23-17)26-11-12-5-6-12/h9-10,12-13,15-16H,1-8,11H2,(H2,21,24)(H,22,25)/t15-,16+/m1/s1. The molecule has 4 rings (SSSR count). The minimum atomic E-state index is -0.333. The number of nitrogens with zero attached hydrogens (tertiary/aromatic N) is 1. The summed E-state index contributed by atoms with van der Waals surface area (Å²) in [6.07, 6.45) is 8.26. The molecule has 3 aliphatic rings. The van der Waals surface area contributed by atoms with Crippen molar-refractivity contribution < 1.29 is 14.3 Å². The Morgan fingerprint density at radius 1 is 1.12 bits per heavy atom. The molecule has 1 aromatic heterocycles. The van der Waals surface area contributed by atoms with Crippen LogP contribution in [0.3, 0.4) is 0 Å². The third kappa shape index (κ3) is 4.00. The van der Waals surface area contributed by atoms with Gasteiger partial charge in [-0.15, -0.1) is 0 Å². The first-order chi connectivity index (χ1) is 12.6. The fourth-order valence-corrected chi connectivity index (χ4v) is 3.77. The summed E-state index contributed by atoms with van der Waals surface area (Å²) in [5.41, 5.74) is 6.98. The van der Waals surface area contributed by atoms with Gasteiger partial charge >= 0.3 is 0 Å². The molecule has 26 heavy (non-hydrogen) atoms. The summed E-state index contributed by atoms with van der Waals surface area (Å²) >= 11 is 0. The first-order valence-electron chi connectivity index (χ1n) is 9.85. The van der Waals surface area contributed by atoms with E-state index >= 15 is 0 Å². The van der Waals surface area contributed by atoms with Crippen LogP contribution in [0.1, 0.15) is 73.3 Å². The van der Waals surface area contributed by atoms with Crippen molar-refractivity contribution in [3.63, 3.8) is 0 Å². The average Bonchev–Trinajstić information content (AvgIpc) is 3.54. The maximum atomic E-state index is 12.7. The van der Waals surface area contributed by atoms with Crippen molar-refractivity contribution >= 4 is 11.8 Å². The van der Waals surface area contributed by atoms with Crippen LogP contribution in [-0.2, 0) is 4.79 Å². The summed E-state index contributed by atoms with van der Waals surface area (Å²) in [6, 6.07) is 3.55. The molecule has 0 bridgehead atoms. The fourth-order valence-electron chi connectivity index (χ4n) is 3.77. The number of aromatic nitrogens is 1. The maximum Gasteiger partial charge on any atom is 0.270 e. The van der Waals surface area contributed by atoms with Crippen LogP contribution in [0.4, 0.5) is 0 Å². The van der Waals surface area contributed by atoms with Gasteiger partial charge in [-0.3, -0.25) is 9.59 Å². The molecule has 1 heterocycles. The minimum Gasteiger partial charge on any atom is -0.477 e. The first kappa shape index (κ1) is 17.3. The molecular weight excluding hydrogens is 330 g/mol. The van der Waals surface area contributed by atoms with E-state index in [1.54, 1.807) is 6.07 Å². The molecule has 0 radical (unpaired) electrons. The minimum absolute atomic E-state index is 0.200. The Balaban J connectivity index is 1.47. The highest BCUT2D eigenvalue weighted by Gasteiger charge is 2.32. The van der Waals surface area contributed by atoms with Gasteiger partial charge in [0, 0.05) is 11.6 Å². The normalized spacial score (nSPS) is 25.5. The zero-order valence-corrected chi connectivity index (χ0v) is 15.1. The van der Waals surface area contributed by atoms with E-state index in [9.17, 15) is 9.59 Å². The number of carbonyl (C=O) groups excluding carboxylic acids is 2. The van der Waals surface area contributed by atoms with E-state index < -0.39 is 0 Å². The monoisotopic (exact) mass is 357 g/mol. The number of nitrogens with one attached hydrogen (secondary N) is 1. The zero-order chi connectivity index (χ0) is 18.1. The lowest BCUT2D eigenvalue weighted by Crippen LogP contribution is -2.47. The Kier molecular flexibility index (Phi) is 4.83. The summed E-state index contributed by atoms with van der Waals surface area (Å²) < 4.78 is 5.94. The van der Waals surface area contributed by atoms with E-state index in [-0.39, 0.29) is 23.8 Å². The topological polar surface area (TPSA) is 94.3 Å². The van der Waals surface area contributed by atoms with Gasteiger partial charge in [-0.25, -0.2) is 4.98 Å². The molecule has 140 valence electrons. The number of amides is 2. The van der Waals surface area contributed by atoms with Gasteiger partial charge in [0.2, 0.25) is 11.8 Å². The van der Waals surface area contributed by atoms with Crippen molar-refractivity contribution in [1.29, 1.82) is 0 Å². The molecule has 3 saturated carbocycles. The van der Waals surface area contributed by atoms with Gasteiger partial charge in [-0.05, 0) is 56.4 Å². The summed E-state index contributed by atoms with van der Waals surface area (Å²) in [4.78, 5) is 28.9. The lowest BCUT2D eigenvalue weighted by Gasteiger charge is -2.29. The Morgan fingerprint density at radius 3 is 2.58 bits per heavy atom. The Hall–Kier alpha value is -2.11. The van der Waals surface area contributed by atoms with Crippen molar-refractivity contribution in [2.75, 3.05) is 6.61 Å². The molecular formula is C20H27N3O3. The van der Waals surface area contributed by atoms with E-state index in [1.165, 1.54) is 12.8 Å².